The number of rotatable bonds is 1. The number of aromatic nitrogens is 1. The number of pyridine rings is 1. The molecule has 0 bridgehead atoms. The number of anilines is 1. The standard InChI is InChI=1S/C10H8N2O2.C7H6INO/c11-8-1-2-12-9-3-6-5-13-14-10(6)4-7(8)9;8-6-4-2-1-3-5(6)7(9)10/h1-4H,5H2,(H2,11,12);1-4H,(H2,9,10). The molecule has 1 aromatic heterocycles. The molecule has 6 nitrogen and oxygen atoms in total. The van der Waals surface area contributed by atoms with E-state index in [4.69, 9.17) is 21.2 Å². The summed E-state index contributed by atoms with van der Waals surface area (Å²) in [6, 6.07) is 12.8. The number of nitrogens with zero attached hydrogens (tertiary/aromatic N) is 1. The van der Waals surface area contributed by atoms with Crippen LogP contribution >= 0.6 is 22.6 Å². The predicted octanol–water partition coefficient (Wildman–Crippen LogP) is 3.03. The third kappa shape index (κ3) is 3.41. The van der Waals surface area contributed by atoms with E-state index >= 15 is 0 Å². The monoisotopic (exact) mass is 435 g/mol. The molecule has 0 radical (unpaired) electrons. The normalized spacial score (nSPS) is 12.0. The van der Waals surface area contributed by atoms with Gasteiger partial charge in [-0.3, -0.25) is 9.78 Å². The average Bonchev–Trinajstić information content (AvgIpc) is 3.02. The molecule has 0 fully saturated rings. The minimum Gasteiger partial charge on any atom is -0.398 e. The van der Waals surface area contributed by atoms with E-state index in [9.17, 15) is 4.79 Å². The number of carbonyl (C=O) groups excluding carboxylic acids is 1. The van der Waals surface area contributed by atoms with Crippen LogP contribution in [0, 0.1) is 3.57 Å². The highest BCUT2D eigenvalue weighted by Gasteiger charge is 2.15. The Kier molecular flexibility index (Phi) is 4.81. The summed E-state index contributed by atoms with van der Waals surface area (Å²) in [7, 11) is 0. The van der Waals surface area contributed by atoms with E-state index in [1.54, 1.807) is 24.4 Å². The van der Waals surface area contributed by atoms with E-state index in [1.807, 2.05) is 24.3 Å². The Hall–Kier alpha value is -2.39. The third-order valence-corrected chi connectivity index (χ3v) is 4.40. The summed E-state index contributed by atoms with van der Waals surface area (Å²) in [5.41, 5.74) is 14.1. The van der Waals surface area contributed by atoms with Gasteiger partial charge in [0.15, 0.2) is 5.75 Å². The highest BCUT2D eigenvalue weighted by atomic mass is 127. The van der Waals surface area contributed by atoms with Crippen LogP contribution in [0.5, 0.6) is 5.75 Å². The number of hydrogen-bond acceptors (Lipinski definition) is 5. The second kappa shape index (κ2) is 7.02. The summed E-state index contributed by atoms with van der Waals surface area (Å²) in [4.78, 5) is 24.7. The van der Waals surface area contributed by atoms with Crippen LogP contribution < -0.4 is 16.4 Å². The van der Waals surface area contributed by atoms with Crippen molar-refractivity contribution in [2.45, 2.75) is 6.61 Å². The first-order chi connectivity index (χ1) is 11.6. The van der Waals surface area contributed by atoms with Crippen molar-refractivity contribution in [2.75, 3.05) is 5.73 Å². The van der Waals surface area contributed by atoms with Gasteiger partial charge in [-0.1, -0.05) is 12.1 Å². The van der Waals surface area contributed by atoms with Crippen LogP contribution in [0.2, 0.25) is 0 Å². The number of benzene rings is 2. The van der Waals surface area contributed by atoms with Crippen LogP contribution in [0.1, 0.15) is 15.9 Å². The Labute approximate surface area is 151 Å². The predicted molar refractivity (Wildman–Crippen MR) is 99.2 cm³/mol. The SMILES string of the molecule is NC(=O)c1ccccc1I.Nc1ccnc2cc3c(cc12)OOC3. The van der Waals surface area contributed by atoms with Crippen molar-refractivity contribution in [2.24, 2.45) is 5.73 Å². The van der Waals surface area contributed by atoms with E-state index < -0.39 is 0 Å². The Bertz CT molecular complexity index is 915. The maximum Gasteiger partial charge on any atom is 0.249 e. The lowest BCUT2D eigenvalue weighted by Gasteiger charge is -2.02. The number of halogens is 1. The molecule has 3 aromatic rings. The molecule has 1 aliphatic rings. The van der Waals surface area contributed by atoms with Crippen molar-refractivity contribution in [1.29, 1.82) is 0 Å². The lowest BCUT2D eigenvalue weighted by Crippen LogP contribution is -2.12. The highest BCUT2D eigenvalue weighted by molar-refractivity contribution is 14.1. The molecule has 0 aliphatic carbocycles. The second-order valence-electron chi connectivity index (χ2n) is 5.07. The topological polar surface area (TPSA) is 100 Å². The lowest BCUT2D eigenvalue weighted by atomic mass is 10.1. The fraction of sp³-hybridized carbons (Fsp3) is 0.0588. The molecule has 4 rings (SSSR count). The third-order valence-electron chi connectivity index (χ3n) is 3.46. The number of amides is 1. The summed E-state index contributed by atoms with van der Waals surface area (Å²) >= 11 is 2.07. The molecule has 0 saturated heterocycles. The van der Waals surface area contributed by atoms with Gasteiger partial charge >= 0.3 is 0 Å². The largest absolute Gasteiger partial charge is 0.398 e. The van der Waals surface area contributed by atoms with Crippen LogP contribution in [-0.4, -0.2) is 10.9 Å². The van der Waals surface area contributed by atoms with Crippen molar-refractivity contribution < 1.29 is 14.6 Å². The van der Waals surface area contributed by atoms with Gasteiger partial charge in [0.05, 0.1) is 11.1 Å². The molecule has 24 heavy (non-hydrogen) atoms. The highest BCUT2D eigenvalue weighted by Crippen LogP contribution is 2.32. The van der Waals surface area contributed by atoms with Crippen LogP contribution in [0.25, 0.3) is 10.9 Å². The van der Waals surface area contributed by atoms with Crippen molar-refractivity contribution in [3.05, 3.63) is 63.4 Å². The maximum atomic E-state index is 10.6. The number of carbonyl (C=O) groups is 1. The summed E-state index contributed by atoms with van der Waals surface area (Å²) in [5, 5.41) is 0.900. The maximum absolute atomic E-state index is 10.6. The molecule has 122 valence electrons. The molecule has 0 unspecified atom stereocenters. The molecule has 7 heteroatoms. The van der Waals surface area contributed by atoms with E-state index in [1.165, 1.54) is 0 Å². The summed E-state index contributed by atoms with van der Waals surface area (Å²) in [6.07, 6.45) is 1.70. The van der Waals surface area contributed by atoms with Crippen LogP contribution in [-0.2, 0) is 11.5 Å². The van der Waals surface area contributed by atoms with E-state index in [0.29, 0.717) is 17.9 Å². The quantitative estimate of drug-likeness (QED) is 0.452. The van der Waals surface area contributed by atoms with Gasteiger partial charge in [0.25, 0.3) is 0 Å². The van der Waals surface area contributed by atoms with Crippen molar-refractivity contribution in [3.8, 4) is 5.75 Å². The molecular formula is C17H14IN3O3. The van der Waals surface area contributed by atoms with E-state index in [0.717, 1.165) is 25.8 Å². The summed E-state index contributed by atoms with van der Waals surface area (Å²) < 4.78 is 0.896. The molecule has 2 aromatic carbocycles. The molecule has 2 heterocycles. The second-order valence-corrected chi connectivity index (χ2v) is 6.23. The van der Waals surface area contributed by atoms with Crippen LogP contribution in [0.3, 0.4) is 0 Å². The summed E-state index contributed by atoms with van der Waals surface area (Å²) in [6.45, 7) is 0.474. The number of nitrogen functional groups attached to an aromatic ring is 1. The van der Waals surface area contributed by atoms with E-state index in [-0.39, 0.29) is 5.91 Å². The zero-order chi connectivity index (χ0) is 17.1. The van der Waals surface area contributed by atoms with Gasteiger partial charge in [-0.05, 0) is 52.9 Å². The molecule has 1 aliphatic heterocycles. The van der Waals surface area contributed by atoms with Crippen molar-refractivity contribution >= 4 is 45.1 Å². The first-order valence-electron chi connectivity index (χ1n) is 7.07. The van der Waals surface area contributed by atoms with Crippen molar-refractivity contribution in [3.63, 3.8) is 0 Å². The van der Waals surface area contributed by atoms with Crippen molar-refractivity contribution in [1.82, 2.24) is 4.98 Å². The number of fused-ring (bicyclic) bond motifs is 2. The first kappa shape index (κ1) is 16.5. The smallest absolute Gasteiger partial charge is 0.249 e. The molecule has 0 spiro atoms. The zero-order valence-corrected chi connectivity index (χ0v) is 14.7. The molecule has 4 N–H and O–H groups in total. The van der Waals surface area contributed by atoms with Gasteiger partial charge in [-0.25, -0.2) is 0 Å². The minimum atomic E-state index is -0.370. The Balaban J connectivity index is 0.000000150. The number of nitrogens with two attached hydrogens (primary N) is 2. The molecular weight excluding hydrogens is 421 g/mol. The minimum absolute atomic E-state index is 0.370. The molecule has 1 amide bonds. The van der Waals surface area contributed by atoms with Gasteiger partial charge in [-0.15, -0.1) is 0 Å². The molecule has 0 atom stereocenters. The van der Waals surface area contributed by atoms with Gasteiger partial charge in [0, 0.05) is 26.4 Å². The lowest BCUT2D eigenvalue weighted by molar-refractivity contribution is -0.194. The fourth-order valence-corrected chi connectivity index (χ4v) is 2.90. The van der Waals surface area contributed by atoms with Gasteiger partial charge in [0.1, 0.15) is 6.61 Å². The Morgan fingerprint density at radius 1 is 1.21 bits per heavy atom. The Morgan fingerprint density at radius 3 is 2.71 bits per heavy atom. The number of primary amides is 1. The number of hydrogen-bond donors (Lipinski definition) is 2. The van der Waals surface area contributed by atoms with Gasteiger partial charge < -0.3 is 16.4 Å². The first-order valence-corrected chi connectivity index (χ1v) is 8.15. The van der Waals surface area contributed by atoms with Crippen LogP contribution in [0.4, 0.5) is 5.69 Å². The zero-order valence-electron chi connectivity index (χ0n) is 12.5. The average molecular weight is 435 g/mol. The Morgan fingerprint density at radius 2 is 2.00 bits per heavy atom. The fourth-order valence-electron chi connectivity index (χ4n) is 2.25. The van der Waals surface area contributed by atoms with E-state index in [2.05, 4.69) is 27.6 Å². The van der Waals surface area contributed by atoms with Gasteiger partial charge in [-0.2, -0.15) is 4.89 Å². The summed E-state index contributed by atoms with van der Waals surface area (Å²) in [5.74, 6) is 0.363. The van der Waals surface area contributed by atoms with Gasteiger partial charge in [0.2, 0.25) is 5.91 Å². The van der Waals surface area contributed by atoms with Crippen LogP contribution in [0.15, 0.2) is 48.7 Å². The molecule has 0 saturated carbocycles.